The Labute approximate surface area is 126 Å². The van der Waals surface area contributed by atoms with Crippen molar-refractivity contribution < 1.29 is 14.6 Å². The minimum atomic E-state index is -0.528. The second kappa shape index (κ2) is 8.52. The average molecular weight is 294 g/mol. The topological polar surface area (TPSA) is 70.6 Å². The Bertz CT molecular complexity index is 461. The third kappa shape index (κ3) is 6.49. The van der Waals surface area contributed by atoms with Crippen molar-refractivity contribution in [3.05, 3.63) is 23.8 Å². The first kappa shape index (κ1) is 17.3. The zero-order valence-corrected chi connectivity index (χ0v) is 13.3. The minimum absolute atomic E-state index is 0.236. The molecule has 5 nitrogen and oxygen atoms in total. The maximum Gasteiger partial charge on any atom is 0.319 e. The van der Waals surface area contributed by atoms with Gasteiger partial charge in [-0.25, -0.2) is 4.79 Å². The fourth-order valence-corrected chi connectivity index (χ4v) is 2.01. The SMILES string of the molecule is CCOc1cc(C)ccc1NC(=O)NCC(O)CC(C)C. The number of rotatable bonds is 7. The van der Waals surface area contributed by atoms with Gasteiger partial charge in [-0.1, -0.05) is 19.9 Å². The standard InChI is InChI=1S/C16H26N2O3/c1-5-21-15-9-12(4)6-7-14(15)18-16(20)17-10-13(19)8-11(2)3/h6-7,9,11,13,19H,5,8,10H2,1-4H3,(H2,17,18,20). The van der Waals surface area contributed by atoms with E-state index in [0.29, 0.717) is 30.4 Å². The van der Waals surface area contributed by atoms with Gasteiger partial charge in [0.05, 0.1) is 18.4 Å². The van der Waals surface area contributed by atoms with Crippen molar-refractivity contribution >= 4 is 11.7 Å². The van der Waals surface area contributed by atoms with Gasteiger partial charge in [0.2, 0.25) is 0 Å². The van der Waals surface area contributed by atoms with Gasteiger partial charge in [-0.15, -0.1) is 0 Å². The van der Waals surface area contributed by atoms with Gasteiger partial charge in [-0.05, 0) is 43.9 Å². The molecule has 118 valence electrons. The normalized spacial score (nSPS) is 12.1. The van der Waals surface area contributed by atoms with Crippen LogP contribution < -0.4 is 15.4 Å². The summed E-state index contributed by atoms with van der Waals surface area (Å²) in [6.45, 7) is 8.70. The summed E-state index contributed by atoms with van der Waals surface area (Å²) in [6.07, 6.45) is 0.134. The van der Waals surface area contributed by atoms with Gasteiger partial charge < -0.3 is 20.5 Å². The Morgan fingerprint density at radius 1 is 1.38 bits per heavy atom. The van der Waals surface area contributed by atoms with E-state index in [2.05, 4.69) is 10.6 Å². The van der Waals surface area contributed by atoms with Crippen LogP contribution in [0.3, 0.4) is 0 Å². The number of carbonyl (C=O) groups is 1. The molecule has 0 fully saturated rings. The second-order valence-electron chi connectivity index (χ2n) is 5.55. The molecule has 0 aliphatic carbocycles. The van der Waals surface area contributed by atoms with Crippen LogP contribution in [0.15, 0.2) is 18.2 Å². The summed E-state index contributed by atoms with van der Waals surface area (Å²) in [5, 5.41) is 15.2. The molecule has 0 aliphatic heterocycles. The van der Waals surface area contributed by atoms with Crippen LogP contribution in [-0.2, 0) is 0 Å². The molecule has 3 N–H and O–H groups in total. The highest BCUT2D eigenvalue weighted by Crippen LogP contribution is 2.25. The highest BCUT2D eigenvalue weighted by atomic mass is 16.5. The molecule has 1 atom stereocenters. The summed E-state index contributed by atoms with van der Waals surface area (Å²) in [5.74, 6) is 1.04. The van der Waals surface area contributed by atoms with Crippen molar-refractivity contribution in [2.75, 3.05) is 18.5 Å². The molecule has 1 rings (SSSR count). The monoisotopic (exact) mass is 294 g/mol. The van der Waals surface area contributed by atoms with Crippen molar-refractivity contribution in [3.63, 3.8) is 0 Å². The molecule has 0 spiro atoms. The van der Waals surface area contributed by atoms with E-state index in [1.165, 1.54) is 0 Å². The van der Waals surface area contributed by atoms with Gasteiger partial charge in [0, 0.05) is 6.54 Å². The molecule has 2 amide bonds. The lowest BCUT2D eigenvalue weighted by Gasteiger charge is -2.16. The summed E-state index contributed by atoms with van der Waals surface area (Å²) in [6, 6.07) is 5.26. The maximum absolute atomic E-state index is 11.9. The lowest BCUT2D eigenvalue weighted by atomic mass is 10.1. The molecule has 1 unspecified atom stereocenters. The fraction of sp³-hybridized carbons (Fsp3) is 0.562. The van der Waals surface area contributed by atoms with Gasteiger partial charge in [-0.3, -0.25) is 0 Å². The third-order valence-corrected chi connectivity index (χ3v) is 2.93. The molecule has 0 bridgehead atoms. The Morgan fingerprint density at radius 2 is 2.10 bits per heavy atom. The van der Waals surface area contributed by atoms with E-state index < -0.39 is 6.10 Å². The largest absolute Gasteiger partial charge is 0.492 e. The molecule has 1 aromatic rings. The molecule has 0 saturated carbocycles. The third-order valence-electron chi connectivity index (χ3n) is 2.93. The number of aliphatic hydroxyl groups is 1. The summed E-state index contributed by atoms with van der Waals surface area (Å²) in [4.78, 5) is 11.9. The van der Waals surface area contributed by atoms with E-state index in [0.717, 1.165) is 5.56 Å². The van der Waals surface area contributed by atoms with Crippen LogP contribution in [0.25, 0.3) is 0 Å². The Balaban J connectivity index is 2.54. The number of urea groups is 1. The summed E-state index contributed by atoms with van der Waals surface area (Å²) in [7, 11) is 0. The first-order chi connectivity index (χ1) is 9.92. The molecule has 1 aromatic carbocycles. The van der Waals surface area contributed by atoms with Crippen molar-refractivity contribution in [2.45, 2.75) is 40.2 Å². The predicted octanol–water partition coefficient (Wildman–Crippen LogP) is 2.92. The second-order valence-corrected chi connectivity index (χ2v) is 5.55. The molecular weight excluding hydrogens is 268 g/mol. The lowest BCUT2D eigenvalue weighted by Crippen LogP contribution is -2.35. The number of aliphatic hydroxyl groups excluding tert-OH is 1. The number of carbonyl (C=O) groups excluding carboxylic acids is 1. The molecule has 0 aromatic heterocycles. The zero-order valence-electron chi connectivity index (χ0n) is 13.3. The number of nitrogens with one attached hydrogen (secondary N) is 2. The zero-order chi connectivity index (χ0) is 15.8. The highest BCUT2D eigenvalue weighted by Gasteiger charge is 2.11. The van der Waals surface area contributed by atoms with Gasteiger partial charge in [-0.2, -0.15) is 0 Å². The quantitative estimate of drug-likeness (QED) is 0.724. The number of hydrogen-bond donors (Lipinski definition) is 3. The smallest absolute Gasteiger partial charge is 0.319 e. The van der Waals surface area contributed by atoms with Crippen LogP contribution in [0.5, 0.6) is 5.75 Å². The van der Waals surface area contributed by atoms with Crippen molar-refractivity contribution in [1.29, 1.82) is 0 Å². The Morgan fingerprint density at radius 3 is 2.71 bits per heavy atom. The Kier molecular flexibility index (Phi) is 7.02. The molecular formula is C16H26N2O3. The van der Waals surface area contributed by atoms with Gasteiger partial charge >= 0.3 is 6.03 Å². The maximum atomic E-state index is 11.9. The van der Waals surface area contributed by atoms with Crippen molar-refractivity contribution in [3.8, 4) is 5.75 Å². The van der Waals surface area contributed by atoms with Crippen LogP contribution in [0.2, 0.25) is 0 Å². The number of ether oxygens (including phenoxy) is 1. The molecule has 0 radical (unpaired) electrons. The molecule has 5 heteroatoms. The van der Waals surface area contributed by atoms with Crippen LogP contribution in [0.1, 0.15) is 32.8 Å². The van der Waals surface area contributed by atoms with E-state index >= 15 is 0 Å². The molecule has 0 saturated heterocycles. The highest BCUT2D eigenvalue weighted by molar-refractivity contribution is 5.91. The van der Waals surface area contributed by atoms with Gasteiger partial charge in [0.15, 0.2) is 0 Å². The van der Waals surface area contributed by atoms with Gasteiger partial charge in [0.25, 0.3) is 0 Å². The van der Waals surface area contributed by atoms with E-state index in [1.54, 1.807) is 0 Å². The molecule has 0 aliphatic rings. The number of anilines is 1. The summed E-state index contributed by atoms with van der Waals surface area (Å²) >= 11 is 0. The Hall–Kier alpha value is -1.75. The first-order valence-corrected chi connectivity index (χ1v) is 7.38. The fourth-order valence-electron chi connectivity index (χ4n) is 2.01. The van der Waals surface area contributed by atoms with Crippen molar-refractivity contribution in [1.82, 2.24) is 5.32 Å². The van der Waals surface area contributed by atoms with Crippen LogP contribution in [0, 0.1) is 12.8 Å². The van der Waals surface area contributed by atoms with Crippen LogP contribution >= 0.6 is 0 Å². The van der Waals surface area contributed by atoms with E-state index in [4.69, 9.17) is 4.74 Å². The van der Waals surface area contributed by atoms with E-state index in [-0.39, 0.29) is 12.6 Å². The van der Waals surface area contributed by atoms with Crippen LogP contribution in [-0.4, -0.2) is 30.4 Å². The first-order valence-electron chi connectivity index (χ1n) is 7.38. The molecule has 0 heterocycles. The molecule has 21 heavy (non-hydrogen) atoms. The summed E-state index contributed by atoms with van der Waals surface area (Å²) in [5.41, 5.74) is 1.69. The number of hydrogen-bond acceptors (Lipinski definition) is 3. The summed E-state index contributed by atoms with van der Waals surface area (Å²) < 4.78 is 5.51. The number of amides is 2. The van der Waals surface area contributed by atoms with Crippen LogP contribution in [0.4, 0.5) is 10.5 Å². The number of benzene rings is 1. The van der Waals surface area contributed by atoms with E-state index in [1.807, 2.05) is 45.9 Å². The number of aryl methyl sites for hydroxylation is 1. The average Bonchev–Trinajstić information content (AvgIpc) is 2.39. The predicted molar refractivity (Wildman–Crippen MR) is 84.8 cm³/mol. The van der Waals surface area contributed by atoms with Crippen molar-refractivity contribution in [2.24, 2.45) is 5.92 Å². The van der Waals surface area contributed by atoms with E-state index in [9.17, 15) is 9.90 Å². The minimum Gasteiger partial charge on any atom is -0.492 e. The lowest BCUT2D eigenvalue weighted by molar-refractivity contribution is 0.148. The van der Waals surface area contributed by atoms with Gasteiger partial charge in [0.1, 0.15) is 5.75 Å².